The molecule has 1 aliphatic rings. The fourth-order valence-corrected chi connectivity index (χ4v) is 2.36. The van der Waals surface area contributed by atoms with Crippen molar-refractivity contribution in [1.82, 2.24) is 20.4 Å². The van der Waals surface area contributed by atoms with E-state index in [1.165, 1.54) is 12.1 Å². The van der Waals surface area contributed by atoms with Crippen LogP contribution in [-0.4, -0.2) is 46.5 Å². The number of aromatic nitrogens is 2. The third kappa shape index (κ3) is 4.15. The molecule has 1 aliphatic heterocycles. The van der Waals surface area contributed by atoms with Crippen LogP contribution in [-0.2, 0) is 4.79 Å². The molecule has 0 radical (unpaired) electrons. The van der Waals surface area contributed by atoms with Crippen LogP contribution < -0.4 is 10.9 Å². The van der Waals surface area contributed by atoms with E-state index >= 15 is 0 Å². The number of nitriles is 1. The van der Waals surface area contributed by atoms with Gasteiger partial charge in [0.2, 0.25) is 5.91 Å². The molecule has 2 rings (SSSR count). The average molecular weight is 303 g/mol. The normalized spacial score (nSPS) is 15.1. The van der Waals surface area contributed by atoms with Gasteiger partial charge in [0.1, 0.15) is 12.1 Å². The SMILES string of the molecule is N#CCC(=O)NCC1CCN(C(=O)c2ccc(=O)[nH]n2)CC1. The van der Waals surface area contributed by atoms with E-state index in [0.29, 0.717) is 25.6 Å². The Morgan fingerprint density at radius 2 is 2.14 bits per heavy atom. The number of nitrogens with one attached hydrogen (secondary N) is 2. The van der Waals surface area contributed by atoms with E-state index in [9.17, 15) is 14.4 Å². The average Bonchev–Trinajstić information content (AvgIpc) is 2.54. The van der Waals surface area contributed by atoms with Crippen molar-refractivity contribution in [2.24, 2.45) is 5.92 Å². The van der Waals surface area contributed by atoms with Crippen LogP contribution in [0.3, 0.4) is 0 Å². The summed E-state index contributed by atoms with van der Waals surface area (Å²) in [4.78, 5) is 36.1. The molecule has 1 aromatic rings. The molecular formula is C14H17N5O3. The zero-order chi connectivity index (χ0) is 15.9. The van der Waals surface area contributed by atoms with Crippen LogP contribution in [0.1, 0.15) is 29.8 Å². The molecule has 8 heteroatoms. The number of carbonyl (C=O) groups excluding carboxylic acids is 2. The van der Waals surface area contributed by atoms with Gasteiger partial charge in [-0.2, -0.15) is 10.4 Å². The first-order valence-corrected chi connectivity index (χ1v) is 7.09. The Balaban J connectivity index is 1.80. The van der Waals surface area contributed by atoms with Crippen LogP contribution in [0.4, 0.5) is 0 Å². The highest BCUT2D eigenvalue weighted by Gasteiger charge is 2.24. The van der Waals surface area contributed by atoms with Crippen molar-refractivity contribution in [1.29, 1.82) is 5.26 Å². The molecule has 0 aliphatic carbocycles. The minimum atomic E-state index is -0.344. The highest BCUT2D eigenvalue weighted by atomic mass is 16.2. The van der Waals surface area contributed by atoms with Gasteiger partial charge in [0, 0.05) is 25.7 Å². The van der Waals surface area contributed by atoms with E-state index in [4.69, 9.17) is 5.26 Å². The summed E-state index contributed by atoms with van der Waals surface area (Å²) in [6.07, 6.45) is 1.43. The van der Waals surface area contributed by atoms with Crippen molar-refractivity contribution in [3.63, 3.8) is 0 Å². The number of piperidine rings is 1. The van der Waals surface area contributed by atoms with E-state index in [1.807, 2.05) is 0 Å². The lowest BCUT2D eigenvalue weighted by atomic mass is 9.96. The summed E-state index contributed by atoms with van der Waals surface area (Å²) in [6.45, 7) is 1.69. The molecule has 1 saturated heterocycles. The van der Waals surface area contributed by atoms with E-state index in [1.54, 1.807) is 11.0 Å². The van der Waals surface area contributed by atoms with Crippen LogP contribution in [0.2, 0.25) is 0 Å². The molecule has 22 heavy (non-hydrogen) atoms. The Morgan fingerprint density at radius 3 is 2.73 bits per heavy atom. The maximum absolute atomic E-state index is 12.2. The highest BCUT2D eigenvalue weighted by molar-refractivity contribution is 5.92. The second-order valence-corrected chi connectivity index (χ2v) is 5.18. The maximum Gasteiger partial charge on any atom is 0.274 e. The second kappa shape index (κ2) is 7.36. The standard InChI is InChI=1S/C14H17N5O3/c15-6-3-12(20)16-9-10-4-7-19(8-5-10)14(22)11-1-2-13(21)18-17-11/h1-2,10H,3-5,7-9H2,(H,16,20)(H,18,21). The molecule has 2 N–H and O–H groups in total. The van der Waals surface area contributed by atoms with Gasteiger partial charge >= 0.3 is 0 Å². The molecule has 1 aromatic heterocycles. The fraction of sp³-hybridized carbons (Fsp3) is 0.500. The summed E-state index contributed by atoms with van der Waals surface area (Å²) in [5, 5.41) is 17.1. The van der Waals surface area contributed by atoms with Crippen molar-refractivity contribution in [3.05, 3.63) is 28.2 Å². The molecule has 0 aromatic carbocycles. The molecule has 0 unspecified atom stereocenters. The Bertz CT molecular complexity index is 620. The Kier molecular flexibility index (Phi) is 5.25. The van der Waals surface area contributed by atoms with Crippen LogP contribution in [0.5, 0.6) is 0 Å². The largest absolute Gasteiger partial charge is 0.355 e. The first kappa shape index (κ1) is 15.7. The number of nitrogens with zero attached hydrogens (tertiary/aromatic N) is 3. The fourth-order valence-electron chi connectivity index (χ4n) is 2.36. The summed E-state index contributed by atoms with van der Waals surface area (Å²) in [5.74, 6) is -0.170. The number of hydrogen-bond acceptors (Lipinski definition) is 5. The predicted octanol–water partition coefficient (Wildman–Crippen LogP) is -0.348. The van der Waals surface area contributed by atoms with Gasteiger partial charge in [-0.15, -0.1) is 0 Å². The van der Waals surface area contributed by atoms with Gasteiger partial charge in [-0.3, -0.25) is 14.4 Å². The van der Waals surface area contributed by atoms with E-state index in [0.717, 1.165) is 12.8 Å². The lowest BCUT2D eigenvalue weighted by Crippen LogP contribution is -2.42. The molecule has 8 nitrogen and oxygen atoms in total. The zero-order valence-corrected chi connectivity index (χ0v) is 12.0. The van der Waals surface area contributed by atoms with Gasteiger partial charge < -0.3 is 10.2 Å². The minimum Gasteiger partial charge on any atom is -0.355 e. The Hall–Kier alpha value is -2.69. The predicted molar refractivity (Wildman–Crippen MR) is 76.7 cm³/mol. The first-order chi connectivity index (χ1) is 10.6. The third-order valence-corrected chi connectivity index (χ3v) is 3.63. The Labute approximate surface area is 127 Å². The molecule has 0 atom stereocenters. The van der Waals surface area contributed by atoms with Crippen LogP contribution in [0, 0.1) is 17.2 Å². The molecule has 2 heterocycles. The number of likely N-dealkylation sites (tertiary alicyclic amines) is 1. The molecule has 1 fully saturated rings. The third-order valence-electron chi connectivity index (χ3n) is 3.63. The van der Waals surface area contributed by atoms with Crippen molar-refractivity contribution < 1.29 is 9.59 Å². The van der Waals surface area contributed by atoms with Crippen LogP contribution in [0.15, 0.2) is 16.9 Å². The number of H-pyrrole nitrogens is 1. The van der Waals surface area contributed by atoms with Crippen molar-refractivity contribution >= 4 is 11.8 Å². The van der Waals surface area contributed by atoms with Gasteiger partial charge in [-0.05, 0) is 24.8 Å². The summed E-state index contributed by atoms with van der Waals surface area (Å²) < 4.78 is 0. The summed E-state index contributed by atoms with van der Waals surface area (Å²) in [6, 6.07) is 4.49. The first-order valence-electron chi connectivity index (χ1n) is 7.09. The molecular weight excluding hydrogens is 286 g/mol. The molecule has 0 saturated carbocycles. The minimum absolute atomic E-state index is 0.130. The van der Waals surface area contributed by atoms with E-state index < -0.39 is 0 Å². The number of aromatic amines is 1. The van der Waals surface area contributed by atoms with Gasteiger partial charge in [0.15, 0.2) is 0 Å². The zero-order valence-electron chi connectivity index (χ0n) is 12.0. The lowest BCUT2D eigenvalue weighted by molar-refractivity contribution is -0.120. The molecule has 0 bridgehead atoms. The smallest absolute Gasteiger partial charge is 0.274 e. The van der Waals surface area contributed by atoms with Gasteiger partial charge in [-0.25, -0.2) is 5.10 Å². The second-order valence-electron chi connectivity index (χ2n) is 5.18. The number of carbonyl (C=O) groups is 2. The van der Waals surface area contributed by atoms with Crippen LogP contribution >= 0.6 is 0 Å². The molecule has 2 amide bonds. The number of amides is 2. The van der Waals surface area contributed by atoms with Gasteiger partial charge in [-0.1, -0.05) is 0 Å². The highest BCUT2D eigenvalue weighted by Crippen LogP contribution is 2.17. The van der Waals surface area contributed by atoms with Gasteiger partial charge in [0.25, 0.3) is 11.5 Å². The molecule has 0 spiro atoms. The monoisotopic (exact) mass is 303 g/mol. The van der Waals surface area contributed by atoms with Gasteiger partial charge in [0.05, 0.1) is 6.07 Å². The van der Waals surface area contributed by atoms with Crippen molar-refractivity contribution in [2.45, 2.75) is 19.3 Å². The topological polar surface area (TPSA) is 119 Å². The van der Waals surface area contributed by atoms with E-state index in [2.05, 4.69) is 15.5 Å². The quantitative estimate of drug-likeness (QED) is 0.788. The van der Waals surface area contributed by atoms with Crippen molar-refractivity contribution in [3.8, 4) is 6.07 Å². The Morgan fingerprint density at radius 1 is 1.41 bits per heavy atom. The maximum atomic E-state index is 12.2. The lowest BCUT2D eigenvalue weighted by Gasteiger charge is -2.31. The summed E-state index contributed by atoms with van der Waals surface area (Å²) >= 11 is 0. The summed E-state index contributed by atoms with van der Waals surface area (Å²) in [5.41, 5.74) is -0.122. The van der Waals surface area contributed by atoms with E-state index in [-0.39, 0.29) is 29.5 Å². The summed E-state index contributed by atoms with van der Waals surface area (Å²) in [7, 11) is 0. The van der Waals surface area contributed by atoms with Crippen molar-refractivity contribution in [2.75, 3.05) is 19.6 Å². The number of hydrogen-bond donors (Lipinski definition) is 2. The number of rotatable bonds is 4. The van der Waals surface area contributed by atoms with Crippen LogP contribution in [0.25, 0.3) is 0 Å². The molecule has 116 valence electrons.